The van der Waals surface area contributed by atoms with E-state index in [0.717, 1.165) is 5.56 Å². The first-order chi connectivity index (χ1) is 16.0. The molecule has 0 saturated heterocycles. The van der Waals surface area contributed by atoms with E-state index < -0.39 is 0 Å². The molecule has 2 N–H and O–H groups in total. The van der Waals surface area contributed by atoms with E-state index in [0.29, 0.717) is 39.3 Å². The van der Waals surface area contributed by atoms with Gasteiger partial charge in [0.25, 0.3) is 5.91 Å². The highest BCUT2D eigenvalue weighted by atomic mass is 35.5. The molecule has 0 atom stereocenters. The molecule has 0 unspecified atom stereocenters. The van der Waals surface area contributed by atoms with E-state index in [4.69, 9.17) is 16.0 Å². The molecule has 0 saturated carbocycles. The van der Waals surface area contributed by atoms with Gasteiger partial charge in [-0.1, -0.05) is 35.9 Å². The lowest BCUT2D eigenvalue weighted by Crippen LogP contribution is -2.25. The average Bonchev–Trinajstić information content (AvgIpc) is 3.20. The number of anilines is 1. The number of carbonyl (C=O) groups excluding carboxylic acids is 2. The van der Waals surface area contributed by atoms with Crippen LogP contribution in [0.3, 0.4) is 0 Å². The van der Waals surface area contributed by atoms with Gasteiger partial charge >= 0.3 is 0 Å². The molecular formula is C25H21ClN4O3. The fourth-order valence-corrected chi connectivity index (χ4v) is 3.30. The van der Waals surface area contributed by atoms with Crippen molar-refractivity contribution in [3.05, 3.63) is 101 Å². The van der Waals surface area contributed by atoms with Crippen molar-refractivity contribution in [3.8, 4) is 11.5 Å². The van der Waals surface area contributed by atoms with Crippen LogP contribution in [0.2, 0.25) is 5.02 Å². The van der Waals surface area contributed by atoms with E-state index >= 15 is 0 Å². The zero-order chi connectivity index (χ0) is 23.2. The molecule has 2 heterocycles. The second-order valence-corrected chi connectivity index (χ2v) is 7.79. The number of rotatable bonds is 7. The molecule has 2 aromatic carbocycles. The van der Waals surface area contributed by atoms with E-state index in [1.165, 1.54) is 0 Å². The Morgan fingerprint density at radius 1 is 1.03 bits per heavy atom. The summed E-state index contributed by atoms with van der Waals surface area (Å²) in [6.07, 6.45) is 1.82. The highest BCUT2D eigenvalue weighted by Gasteiger charge is 2.14. The minimum Gasteiger partial charge on any atom is -0.441 e. The van der Waals surface area contributed by atoms with Gasteiger partial charge in [0.05, 0.1) is 13.0 Å². The molecule has 0 fully saturated rings. The van der Waals surface area contributed by atoms with Crippen molar-refractivity contribution in [1.82, 2.24) is 15.3 Å². The van der Waals surface area contributed by atoms with Gasteiger partial charge in [0.1, 0.15) is 17.1 Å². The highest BCUT2D eigenvalue weighted by Crippen LogP contribution is 2.24. The van der Waals surface area contributed by atoms with Gasteiger partial charge in [0.2, 0.25) is 11.8 Å². The van der Waals surface area contributed by atoms with Gasteiger partial charge < -0.3 is 15.1 Å². The van der Waals surface area contributed by atoms with Crippen LogP contribution in [0.5, 0.6) is 0 Å². The van der Waals surface area contributed by atoms with Crippen molar-refractivity contribution >= 4 is 29.1 Å². The van der Waals surface area contributed by atoms with Crippen molar-refractivity contribution < 1.29 is 14.0 Å². The molecule has 4 rings (SSSR count). The van der Waals surface area contributed by atoms with Gasteiger partial charge in [-0.25, -0.2) is 4.98 Å². The summed E-state index contributed by atoms with van der Waals surface area (Å²) in [5, 5.41) is 6.32. The van der Waals surface area contributed by atoms with Gasteiger partial charge in [-0.05, 0) is 55.0 Å². The van der Waals surface area contributed by atoms with Crippen molar-refractivity contribution in [2.45, 2.75) is 19.9 Å². The van der Waals surface area contributed by atoms with Gasteiger partial charge in [0.15, 0.2) is 0 Å². The smallest absolute Gasteiger partial charge is 0.274 e. The molecule has 7 nitrogen and oxygen atoms in total. The van der Waals surface area contributed by atoms with Gasteiger partial charge in [-0.3, -0.25) is 14.6 Å². The number of oxazole rings is 1. The van der Waals surface area contributed by atoms with E-state index in [9.17, 15) is 9.59 Å². The minimum absolute atomic E-state index is 0.125. The zero-order valence-electron chi connectivity index (χ0n) is 17.8. The molecule has 0 bridgehead atoms. The highest BCUT2D eigenvalue weighted by molar-refractivity contribution is 6.30. The van der Waals surface area contributed by atoms with Crippen LogP contribution in [0.1, 0.15) is 27.5 Å². The Labute approximate surface area is 195 Å². The van der Waals surface area contributed by atoms with Crippen LogP contribution < -0.4 is 10.6 Å². The fourth-order valence-electron chi connectivity index (χ4n) is 3.17. The minimum atomic E-state index is -0.305. The van der Waals surface area contributed by atoms with Crippen LogP contribution in [0.4, 0.5) is 5.69 Å². The molecule has 0 aliphatic heterocycles. The first-order valence-corrected chi connectivity index (χ1v) is 10.7. The third kappa shape index (κ3) is 5.84. The number of benzene rings is 2. The molecule has 0 aliphatic rings. The summed E-state index contributed by atoms with van der Waals surface area (Å²) in [6.45, 7) is 2.04. The van der Waals surface area contributed by atoms with Crippen molar-refractivity contribution in [1.29, 1.82) is 0 Å². The first kappa shape index (κ1) is 22.2. The number of aromatic nitrogens is 2. The zero-order valence-corrected chi connectivity index (χ0v) is 18.6. The summed E-state index contributed by atoms with van der Waals surface area (Å²) in [5.74, 6) is 0.587. The molecular weight excluding hydrogens is 440 g/mol. The summed E-state index contributed by atoms with van der Waals surface area (Å²) in [5.41, 5.74) is 3.13. The van der Waals surface area contributed by atoms with E-state index in [1.807, 2.05) is 18.2 Å². The Hall–Kier alpha value is -3.97. The number of hydrogen-bond acceptors (Lipinski definition) is 5. The maximum atomic E-state index is 12.4. The molecule has 166 valence electrons. The number of nitrogens with zero attached hydrogens (tertiary/aromatic N) is 2. The Bertz CT molecular complexity index is 1270. The van der Waals surface area contributed by atoms with Gasteiger partial charge in [0, 0.05) is 22.5 Å². The number of halogens is 1. The first-order valence-electron chi connectivity index (χ1n) is 10.3. The molecule has 2 aromatic heterocycles. The van der Waals surface area contributed by atoms with Crippen LogP contribution in [-0.4, -0.2) is 21.8 Å². The number of carbonyl (C=O) groups is 2. The Morgan fingerprint density at radius 3 is 2.61 bits per heavy atom. The Balaban J connectivity index is 1.40. The average molecular weight is 461 g/mol. The molecule has 0 aliphatic carbocycles. The third-order valence-corrected chi connectivity index (χ3v) is 5.14. The Kier molecular flexibility index (Phi) is 6.80. The SMILES string of the molecule is Cc1oc(-c2cccc(NC(=O)c3ccccn3)c2)nc1CNC(=O)Cc1ccc(Cl)cc1. The second kappa shape index (κ2) is 10.1. The number of amides is 2. The normalized spacial score (nSPS) is 10.6. The lowest BCUT2D eigenvalue weighted by atomic mass is 10.1. The fraction of sp³-hybridized carbons (Fsp3) is 0.120. The van der Waals surface area contributed by atoms with Crippen molar-refractivity contribution in [3.63, 3.8) is 0 Å². The lowest BCUT2D eigenvalue weighted by molar-refractivity contribution is -0.120. The van der Waals surface area contributed by atoms with Crippen LogP contribution in [0.25, 0.3) is 11.5 Å². The van der Waals surface area contributed by atoms with Gasteiger partial charge in [-0.2, -0.15) is 0 Å². The lowest BCUT2D eigenvalue weighted by Gasteiger charge is -2.05. The van der Waals surface area contributed by atoms with E-state index in [1.54, 1.807) is 61.7 Å². The number of pyridine rings is 1. The van der Waals surface area contributed by atoms with Crippen LogP contribution >= 0.6 is 11.6 Å². The van der Waals surface area contributed by atoms with Crippen molar-refractivity contribution in [2.24, 2.45) is 0 Å². The van der Waals surface area contributed by atoms with Crippen LogP contribution in [0, 0.1) is 6.92 Å². The third-order valence-electron chi connectivity index (χ3n) is 4.89. The number of aryl methyl sites for hydroxylation is 1. The standard InChI is InChI=1S/C25H21ClN4O3/c1-16-22(15-28-23(31)13-17-8-10-19(26)11-9-17)30-25(33-16)18-5-4-6-20(14-18)29-24(32)21-7-2-3-12-27-21/h2-12,14H,13,15H2,1H3,(H,28,31)(H,29,32). The summed E-state index contributed by atoms with van der Waals surface area (Å²) < 4.78 is 5.81. The second-order valence-electron chi connectivity index (χ2n) is 7.35. The summed E-state index contributed by atoms with van der Waals surface area (Å²) >= 11 is 5.88. The van der Waals surface area contributed by atoms with E-state index in [-0.39, 0.29) is 24.8 Å². The Morgan fingerprint density at radius 2 is 1.85 bits per heavy atom. The predicted octanol–water partition coefficient (Wildman–Crippen LogP) is 4.81. The summed E-state index contributed by atoms with van der Waals surface area (Å²) in [4.78, 5) is 33.2. The number of hydrogen-bond donors (Lipinski definition) is 2. The molecule has 0 spiro atoms. The topological polar surface area (TPSA) is 97.1 Å². The molecule has 8 heteroatoms. The molecule has 0 radical (unpaired) electrons. The molecule has 4 aromatic rings. The molecule has 33 heavy (non-hydrogen) atoms. The maximum Gasteiger partial charge on any atom is 0.274 e. The van der Waals surface area contributed by atoms with E-state index in [2.05, 4.69) is 20.6 Å². The largest absolute Gasteiger partial charge is 0.441 e. The summed E-state index contributed by atoms with van der Waals surface area (Å²) in [6, 6.07) is 19.5. The predicted molar refractivity (Wildman–Crippen MR) is 126 cm³/mol. The molecule has 2 amide bonds. The van der Waals surface area contributed by atoms with Crippen LogP contribution in [-0.2, 0) is 17.8 Å². The maximum absolute atomic E-state index is 12.4. The van der Waals surface area contributed by atoms with Crippen LogP contribution in [0.15, 0.2) is 77.3 Å². The van der Waals surface area contributed by atoms with Gasteiger partial charge in [-0.15, -0.1) is 0 Å². The van der Waals surface area contributed by atoms with Crippen molar-refractivity contribution in [2.75, 3.05) is 5.32 Å². The number of nitrogens with one attached hydrogen (secondary N) is 2. The summed E-state index contributed by atoms with van der Waals surface area (Å²) in [7, 11) is 0. The quantitative estimate of drug-likeness (QED) is 0.412. The monoisotopic (exact) mass is 460 g/mol.